The number of ether oxygens (including phenoxy) is 1. The number of halogens is 2. The van der Waals surface area contributed by atoms with Gasteiger partial charge < -0.3 is 9.64 Å². The lowest BCUT2D eigenvalue weighted by molar-refractivity contribution is 0.414. The molecule has 0 spiro atoms. The summed E-state index contributed by atoms with van der Waals surface area (Å²) in [5, 5.41) is 0. The molecule has 1 atom stereocenters. The Labute approximate surface area is 149 Å². The highest BCUT2D eigenvalue weighted by molar-refractivity contribution is 5.86. The van der Waals surface area contributed by atoms with Gasteiger partial charge in [-0.2, -0.15) is 0 Å². The molecule has 0 N–H and O–H groups in total. The Balaban J connectivity index is 0.00000132. The van der Waals surface area contributed by atoms with E-state index in [0.29, 0.717) is 0 Å². The minimum atomic E-state index is -0.0433. The van der Waals surface area contributed by atoms with Crippen LogP contribution in [-0.4, -0.2) is 36.9 Å². The summed E-state index contributed by atoms with van der Waals surface area (Å²) in [7, 11) is 5.75. The Morgan fingerprint density at radius 3 is 2.52 bits per heavy atom. The maximum absolute atomic E-state index is 5.35. The van der Waals surface area contributed by atoms with Crippen molar-refractivity contribution in [3.63, 3.8) is 0 Å². The summed E-state index contributed by atoms with van der Waals surface area (Å²) in [6.45, 7) is 0. The molecule has 0 amide bonds. The van der Waals surface area contributed by atoms with Crippen molar-refractivity contribution >= 4 is 30.6 Å². The van der Waals surface area contributed by atoms with Crippen molar-refractivity contribution in [2.24, 2.45) is 4.99 Å². The summed E-state index contributed by atoms with van der Waals surface area (Å²) in [5.74, 6) is 1.94. The van der Waals surface area contributed by atoms with Crippen molar-refractivity contribution in [1.82, 2.24) is 9.88 Å². The Hall–Kier alpha value is -1.78. The first kappa shape index (κ1) is 19.3. The number of aromatic nitrogens is 1. The van der Waals surface area contributed by atoms with Gasteiger partial charge in [0.2, 0.25) is 0 Å². The van der Waals surface area contributed by atoms with E-state index in [1.54, 1.807) is 7.11 Å². The molecule has 124 valence electrons. The fraction of sp³-hybridized carbons (Fsp3) is 0.294. The van der Waals surface area contributed by atoms with E-state index in [-0.39, 0.29) is 30.9 Å². The largest absolute Gasteiger partial charge is 0.497 e. The minimum absolute atomic E-state index is 0. The van der Waals surface area contributed by atoms with Gasteiger partial charge in [0.15, 0.2) is 0 Å². The summed E-state index contributed by atoms with van der Waals surface area (Å²) >= 11 is 0. The zero-order valence-corrected chi connectivity index (χ0v) is 15.0. The second-order valence-corrected chi connectivity index (χ2v) is 5.34. The van der Waals surface area contributed by atoms with Crippen molar-refractivity contribution < 1.29 is 4.74 Å². The minimum Gasteiger partial charge on any atom is -0.497 e. The van der Waals surface area contributed by atoms with Crippen LogP contribution in [0.15, 0.2) is 47.6 Å². The number of rotatable bonds is 2. The maximum atomic E-state index is 5.35. The van der Waals surface area contributed by atoms with Gasteiger partial charge >= 0.3 is 0 Å². The third-order valence-electron chi connectivity index (χ3n) is 3.76. The first-order valence-corrected chi connectivity index (χ1v) is 7.01. The van der Waals surface area contributed by atoms with Crippen molar-refractivity contribution in [2.45, 2.75) is 12.5 Å². The lowest BCUT2D eigenvalue weighted by Gasteiger charge is -2.27. The Morgan fingerprint density at radius 1 is 1.13 bits per heavy atom. The Morgan fingerprint density at radius 2 is 1.91 bits per heavy atom. The van der Waals surface area contributed by atoms with Crippen LogP contribution in [0, 0.1) is 0 Å². The fourth-order valence-corrected chi connectivity index (χ4v) is 2.60. The molecule has 1 unspecified atom stereocenters. The Kier molecular flexibility index (Phi) is 6.85. The summed E-state index contributed by atoms with van der Waals surface area (Å²) in [6, 6.07) is 12.1. The number of likely N-dealkylation sites (N-methyl/N-ethyl adjacent to an activating group) is 1. The maximum Gasteiger partial charge on any atom is 0.119 e. The fourth-order valence-electron chi connectivity index (χ4n) is 2.60. The molecule has 0 fully saturated rings. The molecule has 4 nitrogen and oxygen atoms in total. The average Bonchev–Trinajstić information content (AvgIpc) is 2.53. The van der Waals surface area contributed by atoms with Crippen molar-refractivity contribution in [3.05, 3.63) is 59.4 Å². The predicted molar refractivity (Wildman–Crippen MR) is 98.4 cm³/mol. The van der Waals surface area contributed by atoms with Gasteiger partial charge in [-0.15, -0.1) is 24.8 Å². The second kappa shape index (κ2) is 8.18. The van der Waals surface area contributed by atoms with Crippen molar-refractivity contribution in [1.29, 1.82) is 0 Å². The van der Waals surface area contributed by atoms with Gasteiger partial charge in [0.1, 0.15) is 17.6 Å². The SMILES string of the molecule is COc1ccc2c(c1)CC(N(C)C)=NC2c1ccccn1.Cl.Cl. The number of pyridine rings is 1. The van der Waals surface area contributed by atoms with Crippen LogP contribution >= 0.6 is 24.8 Å². The molecule has 1 aliphatic rings. The molecule has 6 heteroatoms. The molecule has 0 aliphatic carbocycles. The van der Waals surface area contributed by atoms with Crippen LogP contribution in [0.4, 0.5) is 0 Å². The molecule has 0 saturated heterocycles. The lowest BCUT2D eigenvalue weighted by atomic mass is 9.92. The Bertz CT molecular complexity index is 675. The summed E-state index contributed by atoms with van der Waals surface area (Å²) in [6.07, 6.45) is 2.64. The standard InChI is InChI=1S/C17H19N3O.2ClH/c1-20(2)16-11-12-10-13(21-3)7-8-14(12)17(19-16)15-6-4-5-9-18-15;;/h4-10,17H,11H2,1-3H3;2*1H. The van der Waals surface area contributed by atoms with Crippen LogP contribution in [0.1, 0.15) is 22.9 Å². The van der Waals surface area contributed by atoms with Crippen LogP contribution < -0.4 is 4.74 Å². The van der Waals surface area contributed by atoms with Crippen molar-refractivity contribution in [3.8, 4) is 5.75 Å². The normalized spacial score (nSPS) is 15.4. The van der Waals surface area contributed by atoms with E-state index in [2.05, 4.69) is 22.0 Å². The van der Waals surface area contributed by atoms with E-state index < -0.39 is 0 Å². The molecule has 0 bridgehead atoms. The monoisotopic (exact) mass is 353 g/mol. The highest BCUT2D eigenvalue weighted by atomic mass is 35.5. The van der Waals surface area contributed by atoms with Gasteiger partial charge in [0, 0.05) is 26.7 Å². The number of aliphatic imine (C=N–C) groups is 1. The molecule has 0 radical (unpaired) electrons. The molecular formula is C17H21Cl2N3O. The van der Waals surface area contributed by atoms with Gasteiger partial charge in [-0.1, -0.05) is 12.1 Å². The predicted octanol–water partition coefficient (Wildman–Crippen LogP) is 3.54. The molecule has 1 aliphatic heterocycles. The average molecular weight is 354 g/mol. The van der Waals surface area contributed by atoms with Crippen LogP contribution in [0.25, 0.3) is 0 Å². The molecule has 1 aromatic heterocycles. The molecule has 0 saturated carbocycles. The van der Waals surface area contributed by atoms with Gasteiger partial charge in [0.25, 0.3) is 0 Å². The van der Waals surface area contributed by atoms with Crippen LogP contribution in [0.5, 0.6) is 5.75 Å². The van der Waals surface area contributed by atoms with Gasteiger partial charge in [0.05, 0.1) is 12.8 Å². The highest BCUT2D eigenvalue weighted by Crippen LogP contribution is 2.34. The van der Waals surface area contributed by atoms with E-state index in [9.17, 15) is 0 Å². The van der Waals surface area contributed by atoms with E-state index in [4.69, 9.17) is 9.73 Å². The number of fused-ring (bicyclic) bond motifs is 1. The van der Waals surface area contributed by atoms with Gasteiger partial charge in [-0.05, 0) is 35.4 Å². The number of methoxy groups -OCH3 is 1. The van der Waals surface area contributed by atoms with Crippen LogP contribution in [0.2, 0.25) is 0 Å². The number of hydrogen-bond donors (Lipinski definition) is 0. The summed E-state index contributed by atoms with van der Waals surface area (Å²) in [4.78, 5) is 11.4. The second-order valence-electron chi connectivity index (χ2n) is 5.34. The summed E-state index contributed by atoms with van der Waals surface area (Å²) in [5.41, 5.74) is 3.44. The van der Waals surface area contributed by atoms with E-state index in [0.717, 1.165) is 23.7 Å². The number of amidine groups is 1. The topological polar surface area (TPSA) is 37.7 Å². The highest BCUT2D eigenvalue weighted by Gasteiger charge is 2.25. The lowest BCUT2D eigenvalue weighted by Crippen LogP contribution is -2.29. The zero-order chi connectivity index (χ0) is 14.8. The quantitative estimate of drug-likeness (QED) is 0.828. The van der Waals surface area contributed by atoms with E-state index in [1.807, 2.05) is 44.6 Å². The van der Waals surface area contributed by atoms with Crippen LogP contribution in [0.3, 0.4) is 0 Å². The number of benzene rings is 1. The first-order valence-electron chi connectivity index (χ1n) is 7.01. The van der Waals surface area contributed by atoms with Gasteiger partial charge in [-0.3, -0.25) is 9.98 Å². The third kappa shape index (κ3) is 3.95. The first-order chi connectivity index (χ1) is 10.2. The third-order valence-corrected chi connectivity index (χ3v) is 3.76. The molecule has 2 aromatic rings. The molecular weight excluding hydrogens is 333 g/mol. The molecule has 23 heavy (non-hydrogen) atoms. The molecule has 2 heterocycles. The zero-order valence-electron chi connectivity index (χ0n) is 13.4. The number of hydrogen-bond acceptors (Lipinski definition) is 4. The van der Waals surface area contributed by atoms with E-state index >= 15 is 0 Å². The smallest absolute Gasteiger partial charge is 0.119 e. The molecule has 1 aromatic carbocycles. The number of nitrogens with zero attached hydrogens (tertiary/aromatic N) is 3. The summed E-state index contributed by atoms with van der Waals surface area (Å²) < 4.78 is 5.35. The van der Waals surface area contributed by atoms with E-state index in [1.165, 1.54) is 11.1 Å². The molecule has 3 rings (SSSR count). The van der Waals surface area contributed by atoms with Crippen molar-refractivity contribution in [2.75, 3.05) is 21.2 Å². The van der Waals surface area contributed by atoms with Crippen LogP contribution in [-0.2, 0) is 6.42 Å². The van der Waals surface area contributed by atoms with Gasteiger partial charge in [-0.25, -0.2) is 0 Å².